The van der Waals surface area contributed by atoms with E-state index in [-0.39, 0.29) is 11.1 Å². The molecule has 2 heterocycles. The molecule has 1 N–H and O–H groups in total. The van der Waals surface area contributed by atoms with Crippen molar-refractivity contribution in [2.75, 3.05) is 0 Å². The van der Waals surface area contributed by atoms with Crippen LogP contribution >= 0.6 is 0 Å². The second kappa shape index (κ2) is 3.34. The molecule has 0 saturated carbocycles. The number of aromatic nitrogens is 2. The smallest absolute Gasteiger partial charge is 0.0948 e. The molecule has 0 radical (unpaired) electrons. The maximum absolute atomic E-state index is 4.14. The maximum atomic E-state index is 4.14. The van der Waals surface area contributed by atoms with Crippen molar-refractivity contribution in [3.8, 4) is 0 Å². The summed E-state index contributed by atoms with van der Waals surface area (Å²) in [6.07, 6.45) is 8.19. The fraction of sp³-hybridized carbons (Fsp3) is 0.750. The quantitative estimate of drug-likeness (QED) is 0.766. The van der Waals surface area contributed by atoms with Crippen molar-refractivity contribution in [1.29, 1.82) is 0 Å². The molecule has 2 rings (SSSR count). The second-order valence-electron chi connectivity index (χ2n) is 5.96. The summed E-state index contributed by atoms with van der Waals surface area (Å²) < 4.78 is 2.24. The van der Waals surface area contributed by atoms with Gasteiger partial charge in [-0.1, -0.05) is 0 Å². The number of hydrogen-bond acceptors (Lipinski definition) is 2. The number of imidazole rings is 1. The predicted octanol–water partition coefficient (Wildman–Crippen LogP) is 2.36. The Kier molecular flexibility index (Phi) is 2.38. The summed E-state index contributed by atoms with van der Waals surface area (Å²) in [6.45, 7) is 9.10. The van der Waals surface area contributed by atoms with Gasteiger partial charge >= 0.3 is 0 Å². The van der Waals surface area contributed by atoms with E-state index in [9.17, 15) is 0 Å². The zero-order valence-electron chi connectivity index (χ0n) is 10.1. The van der Waals surface area contributed by atoms with Crippen LogP contribution in [-0.2, 0) is 0 Å². The summed E-state index contributed by atoms with van der Waals surface area (Å²) in [5.74, 6) is 0. The van der Waals surface area contributed by atoms with Crippen LogP contribution in [0.25, 0.3) is 0 Å². The van der Waals surface area contributed by atoms with E-state index in [1.807, 2.05) is 12.5 Å². The molecule has 1 fully saturated rings. The Bertz CT molecular complexity index is 309. The Morgan fingerprint density at radius 2 is 1.80 bits per heavy atom. The zero-order chi connectivity index (χ0) is 11.1. The van der Waals surface area contributed by atoms with E-state index in [2.05, 4.69) is 48.8 Å². The van der Waals surface area contributed by atoms with Crippen LogP contribution < -0.4 is 5.32 Å². The number of piperidine rings is 1. The van der Waals surface area contributed by atoms with Gasteiger partial charge in [0.05, 0.1) is 6.33 Å². The molecular weight excluding hydrogens is 186 g/mol. The highest BCUT2D eigenvalue weighted by Crippen LogP contribution is 2.35. The average molecular weight is 207 g/mol. The van der Waals surface area contributed by atoms with Crippen LogP contribution in [0.5, 0.6) is 0 Å². The zero-order valence-corrected chi connectivity index (χ0v) is 10.1. The van der Waals surface area contributed by atoms with Crippen molar-refractivity contribution in [1.82, 2.24) is 14.9 Å². The largest absolute Gasteiger partial charge is 0.334 e. The molecular formula is C12H21N3. The summed E-state index contributed by atoms with van der Waals surface area (Å²) in [7, 11) is 0. The van der Waals surface area contributed by atoms with E-state index in [0.717, 1.165) is 12.8 Å². The van der Waals surface area contributed by atoms with Crippen molar-refractivity contribution in [2.24, 2.45) is 0 Å². The van der Waals surface area contributed by atoms with Crippen LogP contribution in [0.2, 0.25) is 0 Å². The molecule has 0 unspecified atom stereocenters. The monoisotopic (exact) mass is 207 g/mol. The number of nitrogens with one attached hydrogen (secondary N) is 1. The van der Waals surface area contributed by atoms with E-state index in [1.165, 1.54) is 0 Å². The molecule has 1 aliphatic rings. The number of rotatable bonds is 1. The van der Waals surface area contributed by atoms with Gasteiger partial charge in [0.1, 0.15) is 0 Å². The Morgan fingerprint density at radius 1 is 1.20 bits per heavy atom. The van der Waals surface area contributed by atoms with Gasteiger partial charge in [-0.25, -0.2) is 4.98 Å². The van der Waals surface area contributed by atoms with Gasteiger partial charge in [-0.15, -0.1) is 0 Å². The minimum Gasteiger partial charge on any atom is -0.334 e. The van der Waals surface area contributed by atoms with Crippen LogP contribution in [0.1, 0.15) is 46.6 Å². The first-order valence-electron chi connectivity index (χ1n) is 5.65. The Balaban J connectivity index is 2.21. The third-order valence-electron chi connectivity index (χ3n) is 3.12. The molecule has 0 amide bonds. The molecule has 1 aromatic heterocycles. The summed E-state index contributed by atoms with van der Waals surface area (Å²) >= 11 is 0. The first kappa shape index (κ1) is 10.7. The first-order chi connectivity index (χ1) is 6.88. The summed E-state index contributed by atoms with van der Waals surface area (Å²) in [6, 6.07) is 0.568. The van der Waals surface area contributed by atoms with Crippen LogP contribution in [0.3, 0.4) is 0 Å². The van der Waals surface area contributed by atoms with Crippen molar-refractivity contribution in [3.05, 3.63) is 18.7 Å². The molecule has 1 aliphatic heterocycles. The van der Waals surface area contributed by atoms with Crippen LogP contribution in [-0.4, -0.2) is 20.6 Å². The molecule has 1 saturated heterocycles. The van der Waals surface area contributed by atoms with Crippen molar-refractivity contribution in [3.63, 3.8) is 0 Å². The third kappa shape index (κ3) is 2.40. The van der Waals surface area contributed by atoms with Crippen molar-refractivity contribution >= 4 is 0 Å². The lowest BCUT2D eigenvalue weighted by Crippen LogP contribution is -2.57. The molecule has 0 spiro atoms. The predicted molar refractivity (Wildman–Crippen MR) is 61.8 cm³/mol. The van der Waals surface area contributed by atoms with Gasteiger partial charge < -0.3 is 9.88 Å². The van der Waals surface area contributed by atoms with Crippen molar-refractivity contribution in [2.45, 2.75) is 57.7 Å². The molecule has 0 bridgehead atoms. The van der Waals surface area contributed by atoms with Crippen LogP contribution in [0.15, 0.2) is 18.7 Å². The van der Waals surface area contributed by atoms with Gasteiger partial charge in [-0.3, -0.25) is 0 Å². The van der Waals surface area contributed by atoms with Gasteiger partial charge in [0.15, 0.2) is 0 Å². The summed E-state index contributed by atoms with van der Waals surface area (Å²) in [5.41, 5.74) is 0.410. The molecule has 15 heavy (non-hydrogen) atoms. The van der Waals surface area contributed by atoms with Gasteiger partial charge in [0.2, 0.25) is 0 Å². The minimum absolute atomic E-state index is 0.205. The Hall–Kier alpha value is -0.830. The van der Waals surface area contributed by atoms with Gasteiger partial charge in [0, 0.05) is 29.5 Å². The average Bonchev–Trinajstić information content (AvgIpc) is 2.48. The molecule has 3 nitrogen and oxygen atoms in total. The molecule has 3 heteroatoms. The Labute approximate surface area is 91.9 Å². The lowest BCUT2D eigenvalue weighted by molar-refractivity contribution is 0.132. The van der Waals surface area contributed by atoms with E-state index in [1.54, 1.807) is 0 Å². The van der Waals surface area contributed by atoms with Gasteiger partial charge in [-0.05, 0) is 40.5 Å². The van der Waals surface area contributed by atoms with Gasteiger partial charge in [-0.2, -0.15) is 0 Å². The second-order valence-corrected chi connectivity index (χ2v) is 5.96. The fourth-order valence-electron chi connectivity index (χ4n) is 2.96. The third-order valence-corrected chi connectivity index (χ3v) is 3.12. The number of nitrogens with zero attached hydrogens (tertiary/aromatic N) is 2. The number of hydrogen-bond donors (Lipinski definition) is 1. The van der Waals surface area contributed by atoms with E-state index >= 15 is 0 Å². The highest BCUT2D eigenvalue weighted by molar-refractivity contribution is 5.00. The minimum atomic E-state index is 0.205. The van der Waals surface area contributed by atoms with Gasteiger partial charge in [0.25, 0.3) is 0 Å². The first-order valence-corrected chi connectivity index (χ1v) is 5.65. The SMILES string of the molecule is CC1(C)CC(n2ccnc2)CC(C)(C)N1. The Morgan fingerprint density at radius 3 is 2.27 bits per heavy atom. The molecule has 1 aromatic rings. The highest BCUT2D eigenvalue weighted by atomic mass is 15.1. The van der Waals surface area contributed by atoms with E-state index < -0.39 is 0 Å². The van der Waals surface area contributed by atoms with E-state index in [4.69, 9.17) is 0 Å². The van der Waals surface area contributed by atoms with Crippen LogP contribution in [0, 0.1) is 0 Å². The van der Waals surface area contributed by atoms with Crippen molar-refractivity contribution < 1.29 is 0 Å². The highest BCUT2D eigenvalue weighted by Gasteiger charge is 2.38. The lowest BCUT2D eigenvalue weighted by atomic mass is 9.79. The van der Waals surface area contributed by atoms with E-state index in [0.29, 0.717) is 6.04 Å². The van der Waals surface area contributed by atoms with Crippen LogP contribution in [0.4, 0.5) is 0 Å². The standard InChI is InChI=1S/C12H21N3/c1-11(2)7-10(8-12(3,4)14-11)15-6-5-13-9-15/h5-6,9-10,14H,7-8H2,1-4H3. The summed E-state index contributed by atoms with van der Waals surface area (Å²) in [4.78, 5) is 4.14. The normalized spacial score (nSPS) is 25.3. The lowest BCUT2D eigenvalue weighted by Gasteiger charge is -2.46. The maximum Gasteiger partial charge on any atom is 0.0948 e. The molecule has 0 atom stereocenters. The summed E-state index contributed by atoms with van der Waals surface area (Å²) in [5, 5.41) is 3.69. The molecule has 84 valence electrons. The molecule has 0 aromatic carbocycles. The topological polar surface area (TPSA) is 29.9 Å². The molecule has 0 aliphatic carbocycles. The fourth-order valence-corrected chi connectivity index (χ4v) is 2.96.